The highest BCUT2D eigenvalue weighted by atomic mass is 32.2. The minimum absolute atomic E-state index is 0.0688. The van der Waals surface area contributed by atoms with Crippen LogP contribution in [-0.2, 0) is 30.6 Å². The number of carbonyl (C=O) groups excluding carboxylic acids is 3. The number of aromatic nitrogens is 4. The van der Waals surface area contributed by atoms with Crippen LogP contribution in [0.2, 0.25) is 0 Å². The standard InChI is InChI=1S/C37H44F4N8O6S/c1-21(2)49-30-28(18-42-20-43-30)45-34(49)55-24-16-29-31(50)46-36(33(52)47-56(53,54)35(3)13-14-35)17-22(36)9-7-5-4-6-8-10-27(32(51)48(29)19-24)44-23-11-12-26(38)25(15-23)37(39,40)41/h7,9,11-12,15,18,20-22,24,27,29,44H,4-6,8,10,13-14,16-17,19H2,1-3H3,(H,46,50)(H,47,52). The highest BCUT2D eigenvalue weighted by molar-refractivity contribution is 7.91. The topological polar surface area (TPSA) is 178 Å². The van der Waals surface area contributed by atoms with Gasteiger partial charge in [0, 0.05) is 24.1 Å². The zero-order chi connectivity index (χ0) is 40.2. The van der Waals surface area contributed by atoms with Crippen LogP contribution in [0, 0.1) is 11.7 Å². The first kappa shape index (κ1) is 39.4. The van der Waals surface area contributed by atoms with Gasteiger partial charge in [-0.1, -0.05) is 25.0 Å². The first-order valence-electron chi connectivity index (χ1n) is 18.8. The second-order valence-corrected chi connectivity index (χ2v) is 17.9. The lowest BCUT2D eigenvalue weighted by molar-refractivity contribution is -0.140. The van der Waals surface area contributed by atoms with E-state index in [1.54, 1.807) is 17.6 Å². The third-order valence-electron chi connectivity index (χ3n) is 11.2. The molecule has 3 aromatic rings. The third kappa shape index (κ3) is 7.65. The summed E-state index contributed by atoms with van der Waals surface area (Å²) in [7, 11) is -4.05. The van der Waals surface area contributed by atoms with Crippen LogP contribution >= 0.6 is 0 Å². The van der Waals surface area contributed by atoms with Gasteiger partial charge in [-0.15, -0.1) is 0 Å². The number of rotatable bonds is 8. The smallest absolute Gasteiger partial charge is 0.419 e. The lowest BCUT2D eigenvalue weighted by Gasteiger charge is -2.30. The van der Waals surface area contributed by atoms with Crippen molar-refractivity contribution in [3.8, 4) is 6.01 Å². The maximum Gasteiger partial charge on any atom is 0.419 e. The molecule has 2 aromatic heterocycles. The summed E-state index contributed by atoms with van der Waals surface area (Å²) in [6, 6.07) is 0.0127. The Morgan fingerprint density at radius 1 is 1.14 bits per heavy atom. The Labute approximate surface area is 320 Å². The highest BCUT2D eigenvalue weighted by Gasteiger charge is 2.63. The highest BCUT2D eigenvalue weighted by Crippen LogP contribution is 2.47. The van der Waals surface area contributed by atoms with Gasteiger partial charge < -0.3 is 20.3 Å². The molecular formula is C37H44F4N8O6S. The number of nitrogens with zero attached hydrogens (tertiary/aromatic N) is 5. The van der Waals surface area contributed by atoms with Crippen LogP contribution < -0.4 is 20.1 Å². The lowest BCUT2D eigenvalue weighted by atomic mass is 10.0. The molecule has 14 nitrogen and oxygen atoms in total. The number of benzene rings is 1. The molecule has 19 heteroatoms. The number of halogens is 4. The number of imidazole rings is 1. The van der Waals surface area contributed by atoms with E-state index in [1.165, 1.54) is 17.4 Å². The van der Waals surface area contributed by atoms with Crippen molar-refractivity contribution in [3.05, 3.63) is 54.3 Å². The molecule has 302 valence electrons. The molecule has 4 aliphatic rings. The summed E-state index contributed by atoms with van der Waals surface area (Å²) in [6.07, 6.45) is 4.17. The van der Waals surface area contributed by atoms with E-state index in [9.17, 15) is 40.4 Å². The average Bonchev–Trinajstić information content (AvgIpc) is 3.95. The Morgan fingerprint density at radius 3 is 2.62 bits per heavy atom. The van der Waals surface area contributed by atoms with E-state index < -0.39 is 79.7 Å². The monoisotopic (exact) mass is 804 g/mol. The third-order valence-corrected chi connectivity index (χ3v) is 13.4. The minimum Gasteiger partial charge on any atom is -0.459 e. The van der Waals surface area contributed by atoms with E-state index in [2.05, 4.69) is 30.3 Å². The molecule has 0 spiro atoms. The normalized spacial score (nSPS) is 26.8. The van der Waals surface area contributed by atoms with Gasteiger partial charge in [-0.2, -0.15) is 18.2 Å². The van der Waals surface area contributed by atoms with Gasteiger partial charge in [0.1, 0.15) is 41.4 Å². The zero-order valence-electron chi connectivity index (χ0n) is 31.1. The molecule has 7 rings (SSSR count). The summed E-state index contributed by atoms with van der Waals surface area (Å²) in [4.78, 5) is 57.1. The van der Waals surface area contributed by atoms with Crippen molar-refractivity contribution in [2.24, 2.45) is 5.92 Å². The van der Waals surface area contributed by atoms with Crippen molar-refractivity contribution in [2.75, 3.05) is 11.9 Å². The van der Waals surface area contributed by atoms with E-state index in [4.69, 9.17) is 4.74 Å². The van der Waals surface area contributed by atoms with Gasteiger partial charge in [0.2, 0.25) is 21.8 Å². The molecule has 5 atom stereocenters. The SMILES string of the molecule is CC(C)n1c(OC2CC3C(=O)NC4(C(=O)NS(=O)(=O)C5(C)CC5)CC4C=CCCCCCC(Nc4ccc(F)c(C(F)(F)F)c4)C(=O)N3C2)nc2cncnc21. The molecule has 3 fully saturated rings. The second kappa shape index (κ2) is 14.6. The molecule has 0 radical (unpaired) electrons. The number of fused-ring (bicyclic) bond motifs is 3. The predicted octanol–water partition coefficient (Wildman–Crippen LogP) is 4.79. The van der Waals surface area contributed by atoms with Crippen LogP contribution in [0.5, 0.6) is 6.01 Å². The van der Waals surface area contributed by atoms with Crippen LogP contribution in [-0.4, -0.2) is 85.6 Å². The van der Waals surface area contributed by atoms with Gasteiger partial charge in [0.25, 0.3) is 11.9 Å². The number of allylic oxidation sites excluding steroid dienone is 1. The number of hydrogen-bond acceptors (Lipinski definition) is 10. The van der Waals surface area contributed by atoms with E-state index >= 15 is 0 Å². The Kier molecular flexibility index (Phi) is 10.3. The number of alkyl halides is 3. The fourth-order valence-electron chi connectivity index (χ4n) is 7.51. The summed E-state index contributed by atoms with van der Waals surface area (Å²) < 4.78 is 90.7. The largest absolute Gasteiger partial charge is 0.459 e. The number of nitrogens with one attached hydrogen (secondary N) is 3. The van der Waals surface area contributed by atoms with Gasteiger partial charge in [-0.25, -0.2) is 22.8 Å². The molecule has 1 saturated heterocycles. The summed E-state index contributed by atoms with van der Waals surface area (Å²) >= 11 is 0. The van der Waals surface area contributed by atoms with Crippen molar-refractivity contribution in [1.82, 2.24) is 34.5 Å². The number of carbonyl (C=O) groups is 3. The van der Waals surface area contributed by atoms with Crippen molar-refractivity contribution in [1.29, 1.82) is 0 Å². The van der Waals surface area contributed by atoms with E-state index in [1.807, 2.05) is 19.9 Å². The van der Waals surface area contributed by atoms with E-state index in [-0.39, 0.29) is 43.5 Å². The molecule has 2 aliphatic carbocycles. The second-order valence-electron chi connectivity index (χ2n) is 15.7. The van der Waals surface area contributed by atoms with Gasteiger partial charge in [-0.05, 0) is 77.5 Å². The maximum absolute atomic E-state index is 14.6. The quantitative estimate of drug-likeness (QED) is 0.212. The molecule has 5 unspecified atom stereocenters. The number of sulfonamides is 1. The Bertz CT molecular complexity index is 2170. The van der Waals surface area contributed by atoms with Crippen molar-refractivity contribution >= 4 is 44.6 Å². The Hall–Kier alpha value is -4.81. The minimum atomic E-state index is -4.99. The van der Waals surface area contributed by atoms with Crippen LogP contribution in [0.4, 0.5) is 23.2 Å². The fraction of sp³-hybridized carbons (Fsp3) is 0.568. The van der Waals surface area contributed by atoms with Crippen molar-refractivity contribution in [3.63, 3.8) is 0 Å². The fourth-order valence-corrected chi connectivity index (χ4v) is 8.82. The van der Waals surface area contributed by atoms with Gasteiger partial charge in [-0.3, -0.25) is 23.7 Å². The number of ether oxygens (including phenoxy) is 1. The molecule has 56 heavy (non-hydrogen) atoms. The molecule has 3 amide bonds. The number of anilines is 1. The lowest BCUT2D eigenvalue weighted by Crippen LogP contribution is -2.58. The summed E-state index contributed by atoms with van der Waals surface area (Å²) in [5.41, 5.74) is -2.28. The zero-order valence-corrected chi connectivity index (χ0v) is 31.9. The van der Waals surface area contributed by atoms with Crippen LogP contribution in [0.3, 0.4) is 0 Å². The van der Waals surface area contributed by atoms with Crippen molar-refractivity contribution < 1.29 is 45.1 Å². The molecular weight excluding hydrogens is 761 g/mol. The first-order chi connectivity index (χ1) is 26.4. The first-order valence-corrected chi connectivity index (χ1v) is 20.2. The Balaban J connectivity index is 1.22. The molecule has 1 aromatic carbocycles. The van der Waals surface area contributed by atoms with E-state index in [0.717, 1.165) is 6.07 Å². The maximum atomic E-state index is 14.6. The van der Waals surface area contributed by atoms with Crippen LogP contribution in [0.1, 0.15) is 90.2 Å². The van der Waals surface area contributed by atoms with Gasteiger partial charge in [0.15, 0.2) is 5.65 Å². The average molecular weight is 805 g/mol. The van der Waals surface area contributed by atoms with Crippen LogP contribution in [0.25, 0.3) is 11.2 Å². The summed E-state index contributed by atoms with van der Waals surface area (Å²) in [5, 5.41) is 5.69. The molecule has 2 aliphatic heterocycles. The van der Waals surface area contributed by atoms with Crippen LogP contribution in [0.15, 0.2) is 42.9 Å². The van der Waals surface area contributed by atoms with Crippen molar-refractivity contribution in [2.45, 2.75) is 119 Å². The predicted molar refractivity (Wildman–Crippen MR) is 195 cm³/mol. The molecule has 4 heterocycles. The number of hydrogen-bond donors (Lipinski definition) is 3. The summed E-state index contributed by atoms with van der Waals surface area (Å²) in [5.74, 6) is -4.21. The van der Waals surface area contributed by atoms with E-state index in [0.29, 0.717) is 61.8 Å². The number of amides is 3. The Morgan fingerprint density at radius 2 is 1.91 bits per heavy atom. The summed E-state index contributed by atoms with van der Waals surface area (Å²) in [6.45, 7) is 5.20. The molecule has 0 bridgehead atoms. The molecule has 2 saturated carbocycles. The van der Waals surface area contributed by atoms with Gasteiger partial charge >= 0.3 is 6.18 Å². The van der Waals surface area contributed by atoms with Gasteiger partial charge in [0.05, 0.1) is 23.1 Å². The molecule has 3 N–H and O–H groups in total.